The SMILES string of the molecule is O=C1NCc2ncccc2O1. The van der Waals surface area contributed by atoms with Crippen molar-refractivity contribution in [1.29, 1.82) is 0 Å². The van der Waals surface area contributed by atoms with Crippen LogP contribution in [0, 0.1) is 0 Å². The van der Waals surface area contributed by atoms with Crippen molar-refractivity contribution in [2.45, 2.75) is 6.54 Å². The number of pyridine rings is 1. The summed E-state index contributed by atoms with van der Waals surface area (Å²) in [5, 5.41) is 2.51. The highest BCUT2D eigenvalue weighted by atomic mass is 16.6. The molecule has 2 heterocycles. The number of carbonyl (C=O) groups is 1. The molecule has 11 heavy (non-hydrogen) atoms. The van der Waals surface area contributed by atoms with Gasteiger partial charge in [0, 0.05) is 6.20 Å². The van der Waals surface area contributed by atoms with E-state index >= 15 is 0 Å². The first-order valence-corrected chi connectivity index (χ1v) is 3.26. The van der Waals surface area contributed by atoms with Crippen LogP contribution in [0.2, 0.25) is 0 Å². The number of carbonyl (C=O) groups excluding carboxylic acids is 1. The second-order valence-corrected chi connectivity index (χ2v) is 2.19. The molecule has 1 aromatic rings. The van der Waals surface area contributed by atoms with E-state index < -0.39 is 6.09 Å². The van der Waals surface area contributed by atoms with Gasteiger partial charge in [-0.25, -0.2) is 4.79 Å². The summed E-state index contributed by atoms with van der Waals surface area (Å²) in [6, 6.07) is 3.46. The van der Waals surface area contributed by atoms with Crippen molar-refractivity contribution in [2.75, 3.05) is 0 Å². The van der Waals surface area contributed by atoms with Gasteiger partial charge in [-0.3, -0.25) is 4.98 Å². The Morgan fingerprint density at radius 2 is 2.55 bits per heavy atom. The zero-order valence-electron chi connectivity index (χ0n) is 5.70. The number of hydrogen-bond acceptors (Lipinski definition) is 3. The normalized spacial score (nSPS) is 14.7. The molecular formula is C7H6N2O2. The van der Waals surface area contributed by atoms with Gasteiger partial charge >= 0.3 is 6.09 Å². The fourth-order valence-corrected chi connectivity index (χ4v) is 0.941. The van der Waals surface area contributed by atoms with Crippen molar-refractivity contribution in [1.82, 2.24) is 10.3 Å². The lowest BCUT2D eigenvalue weighted by molar-refractivity contribution is 0.194. The fraction of sp³-hybridized carbons (Fsp3) is 0.143. The summed E-state index contributed by atoms with van der Waals surface area (Å²) in [5.74, 6) is 0.552. The van der Waals surface area contributed by atoms with Crippen molar-refractivity contribution in [2.24, 2.45) is 0 Å². The van der Waals surface area contributed by atoms with Gasteiger partial charge in [-0.1, -0.05) is 0 Å². The number of amides is 1. The highest BCUT2D eigenvalue weighted by molar-refractivity contribution is 5.72. The van der Waals surface area contributed by atoms with Crippen molar-refractivity contribution in [3.8, 4) is 5.75 Å². The third-order valence-electron chi connectivity index (χ3n) is 1.45. The van der Waals surface area contributed by atoms with Crippen LogP contribution in [0.4, 0.5) is 4.79 Å². The molecule has 0 unspecified atom stereocenters. The number of rotatable bonds is 0. The van der Waals surface area contributed by atoms with E-state index in [1.807, 2.05) is 0 Å². The topological polar surface area (TPSA) is 51.2 Å². The summed E-state index contributed by atoms with van der Waals surface area (Å²) in [6.45, 7) is 0.453. The molecule has 1 aliphatic heterocycles. The lowest BCUT2D eigenvalue weighted by atomic mass is 10.3. The minimum atomic E-state index is -0.412. The summed E-state index contributed by atoms with van der Waals surface area (Å²) in [4.78, 5) is 14.7. The van der Waals surface area contributed by atoms with Crippen LogP contribution in [-0.2, 0) is 6.54 Å². The van der Waals surface area contributed by atoms with E-state index in [1.54, 1.807) is 18.3 Å². The molecule has 0 saturated heterocycles. The van der Waals surface area contributed by atoms with E-state index in [0.717, 1.165) is 5.69 Å². The lowest BCUT2D eigenvalue weighted by Gasteiger charge is -2.14. The van der Waals surface area contributed by atoms with Gasteiger partial charge in [0.15, 0.2) is 5.75 Å². The maximum absolute atomic E-state index is 10.7. The molecular weight excluding hydrogens is 144 g/mol. The van der Waals surface area contributed by atoms with Crippen molar-refractivity contribution in [3.63, 3.8) is 0 Å². The Morgan fingerprint density at radius 1 is 1.64 bits per heavy atom. The first-order chi connectivity index (χ1) is 5.36. The van der Waals surface area contributed by atoms with Crippen molar-refractivity contribution in [3.05, 3.63) is 24.0 Å². The molecule has 1 N–H and O–H groups in total. The van der Waals surface area contributed by atoms with E-state index in [-0.39, 0.29) is 0 Å². The molecule has 0 aliphatic carbocycles. The number of ether oxygens (including phenoxy) is 1. The molecule has 0 atom stereocenters. The standard InChI is InChI=1S/C7H6N2O2/c10-7-9-4-5-6(11-7)2-1-3-8-5/h1-3H,4H2,(H,9,10). The number of nitrogens with one attached hydrogen (secondary N) is 1. The molecule has 2 rings (SSSR count). The molecule has 1 amide bonds. The number of aromatic nitrogens is 1. The molecule has 4 heteroatoms. The number of nitrogens with zero attached hydrogens (tertiary/aromatic N) is 1. The first-order valence-electron chi connectivity index (χ1n) is 3.26. The zero-order valence-corrected chi connectivity index (χ0v) is 5.70. The number of fused-ring (bicyclic) bond motifs is 1. The van der Waals surface area contributed by atoms with Gasteiger partial charge in [0.2, 0.25) is 0 Å². The smallest absolute Gasteiger partial charge is 0.408 e. The monoisotopic (exact) mass is 150 g/mol. The molecule has 1 aliphatic rings. The molecule has 0 bridgehead atoms. The molecule has 0 saturated carbocycles. The van der Waals surface area contributed by atoms with Crippen LogP contribution < -0.4 is 10.1 Å². The van der Waals surface area contributed by atoms with Gasteiger partial charge in [-0.05, 0) is 12.1 Å². The molecule has 4 nitrogen and oxygen atoms in total. The largest absolute Gasteiger partial charge is 0.412 e. The third-order valence-corrected chi connectivity index (χ3v) is 1.45. The minimum Gasteiger partial charge on any atom is -0.408 e. The fourth-order valence-electron chi connectivity index (χ4n) is 0.941. The maximum atomic E-state index is 10.7. The van der Waals surface area contributed by atoms with Crippen LogP contribution in [0.1, 0.15) is 5.69 Å². The van der Waals surface area contributed by atoms with E-state index in [0.29, 0.717) is 12.3 Å². The Balaban J connectivity index is 2.41. The Hall–Kier alpha value is -1.58. The predicted octanol–water partition coefficient (Wildman–Crippen LogP) is 0.684. The lowest BCUT2D eigenvalue weighted by Crippen LogP contribution is -2.31. The number of hydrogen-bond donors (Lipinski definition) is 1. The molecule has 0 fully saturated rings. The van der Waals surface area contributed by atoms with Gasteiger partial charge in [0.05, 0.1) is 6.54 Å². The van der Waals surface area contributed by atoms with Gasteiger partial charge < -0.3 is 10.1 Å². The third kappa shape index (κ3) is 1.02. The molecule has 1 aromatic heterocycles. The molecule has 0 aromatic carbocycles. The van der Waals surface area contributed by atoms with E-state index in [1.165, 1.54) is 0 Å². The second-order valence-electron chi connectivity index (χ2n) is 2.19. The predicted molar refractivity (Wildman–Crippen MR) is 37.1 cm³/mol. The average molecular weight is 150 g/mol. The van der Waals surface area contributed by atoms with Crippen LogP contribution in [-0.4, -0.2) is 11.1 Å². The first kappa shape index (κ1) is 6.15. The minimum absolute atomic E-state index is 0.412. The molecule has 56 valence electrons. The Labute approximate surface area is 63.2 Å². The van der Waals surface area contributed by atoms with Gasteiger partial charge in [0.25, 0.3) is 0 Å². The highest BCUT2D eigenvalue weighted by Gasteiger charge is 2.15. The van der Waals surface area contributed by atoms with Crippen LogP contribution in [0.3, 0.4) is 0 Å². The molecule has 0 spiro atoms. The van der Waals surface area contributed by atoms with Crippen LogP contribution in [0.25, 0.3) is 0 Å². The maximum Gasteiger partial charge on any atom is 0.412 e. The Morgan fingerprint density at radius 3 is 3.45 bits per heavy atom. The summed E-state index contributed by atoms with van der Waals surface area (Å²) < 4.78 is 4.82. The summed E-state index contributed by atoms with van der Waals surface area (Å²) in [6.07, 6.45) is 1.25. The van der Waals surface area contributed by atoms with Gasteiger partial charge in [-0.2, -0.15) is 0 Å². The van der Waals surface area contributed by atoms with Gasteiger partial charge in [-0.15, -0.1) is 0 Å². The Kier molecular flexibility index (Phi) is 1.25. The van der Waals surface area contributed by atoms with E-state index in [9.17, 15) is 4.79 Å². The summed E-state index contributed by atoms with van der Waals surface area (Å²) in [5.41, 5.74) is 0.770. The van der Waals surface area contributed by atoms with E-state index in [4.69, 9.17) is 4.74 Å². The van der Waals surface area contributed by atoms with Crippen molar-refractivity contribution < 1.29 is 9.53 Å². The van der Waals surface area contributed by atoms with Crippen LogP contribution in [0.15, 0.2) is 18.3 Å². The van der Waals surface area contributed by atoms with Crippen molar-refractivity contribution >= 4 is 6.09 Å². The highest BCUT2D eigenvalue weighted by Crippen LogP contribution is 2.17. The van der Waals surface area contributed by atoms with Crippen LogP contribution >= 0.6 is 0 Å². The summed E-state index contributed by atoms with van der Waals surface area (Å²) >= 11 is 0. The average Bonchev–Trinajstić information content (AvgIpc) is 2.04. The van der Waals surface area contributed by atoms with Crippen LogP contribution in [0.5, 0.6) is 5.75 Å². The van der Waals surface area contributed by atoms with Gasteiger partial charge in [0.1, 0.15) is 5.69 Å². The van der Waals surface area contributed by atoms with E-state index in [2.05, 4.69) is 10.3 Å². The zero-order chi connectivity index (χ0) is 7.68. The quantitative estimate of drug-likeness (QED) is 0.591. The molecule has 0 radical (unpaired) electrons. The second kappa shape index (κ2) is 2.23. The summed E-state index contributed by atoms with van der Waals surface area (Å²) in [7, 11) is 0. The Bertz CT molecular complexity index is 298.